The summed E-state index contributed by atoms with van der Waals surface area (Å²) in [5.41, 5.74) is 12.5. The number of nitrogens with one attached hydrogen (secondary N) is 1. The molecule has 1 heterocycles. The van der Waals surface area contributed by atoms with Crippen molar-refractivity contribution in [3.63, 3.8) is 0 Å². The zero-order chi connectivity index (χ0) is 12.0. The van der Waals surface area contributed by atoms with Crippen LogP contribution in [0.1, 0.15) is 29.9 Å². The molecule has 3 rings (SSSR count). The quantitative estimate of drug-likeness (QED) is 0.767. The van der Waals surface area contributed by atoms with E-state index in [2.05, 4.69) is 11.5 Å². The second-order valence-corrected chi connectivity index (χ2v) is 5.48. The SMILES string of the molecule is NC(=S)NN1CC2CCCc3c(Cl)ccc1c32. The standard InChI is InChI=1S/C12H14ClN3S/c13-9-4-5-10-11-7(2-1-3-8(9)11)6-16(10)15-12(14)17/h4-5,7H,1-3,6H2,(H3,14,15,17). The smallest absolute Gasteiger partial charge is 0.182 e. The molecule has 0 saturated heterocycles. The first-order valence-corrected chi connectivity index (χ1v) is 6.60. The molecule has 0 spiro atoms. The lowest BCUT2D eigenvalue weighted by Gasteiger charge is -2.21. The van der Waals surface area contributed by atoms with Crippen LogP contribution in [-0.4, -0.2) is 11.7 Å². The number of hydrogen-bond donors (Lipinski definition) is 2. The van der Waals surface area contributed by atoms with Gasteiger partial charge in [0.1, 0.15) is 0 Å². The molecular formula is C12H14ClN3S. The van der Waals surface area contributed by atoms with Crippen LogP contribution < -0.4 is 16.2 Å². The molecule has 1 aliphatic heterocycles. The minimum absolute atomic E-state index is 0.312. The number of thiocarbonyl (C=S) groups is 1. The van der Waals surface area contributed by atoms with E-state index in [0.29, 0.717) is 11.0 Å². The summed E-state index contributed by atoms with van der Waals surface area (Å²) in [6.45, 7) is 0.931. The summed E-state index contributed by atoms with van der Waals surface area (Å²) in [5, 5.41) is 3.26. The third kappa shape index (κ3) is 1.76. The fourth-order valence-electron chi connectivity index (χ4n) is 2.98. The van der Waals surface area contributed by atoms with E-state index in [1.165, 1.54) is 29.7 Å². The molecule has 0 amide bonds. The van der Waals surface area contributed by atoms with Crippen molar-refractivity contribution in [1.82, 2.24) is 5.43 Å². The molecule has 1 aliphatic carbocycles. The number of rotatable bonds is 1. The number of nitrogens with zero attached hydrogens (tertiary/aromatic N) is 1. The topological polar surface area (TPSA) is 41.3 Å². The highest BCUT2D eigenvalue weighted by atomic mass is 35.5. The Morgan fingerprint density at radius 2 is 2.35 bits per heavy atom. The van der Waals surface area contributed by atoms with Gasteiger partial charge in [0.05, 0.1) is 5.69 Å². The van der Waals surface area contributed by atoms with Crippen LogP contribution in [-0.2, 0) is 6.42 Å². The summed E-state index contributed by atoms with van der Waals surface area (Å²) in [6.07, 6.45) is 3.51. The zero-order valence-corrected chi connectivity index (χ0v) is 10.9. The number of hydrazine groups is 1. The molecule has 3 N–H and O–H groups in total. The molecule has 1 atom stereocenters. The summed E-state index contributed by atoms with van der Waals surface area (Å²) in [4.78, 5) is 0. The van der Waals surface area contributed by atoms with E-state index in [1.54, 1.807) is 0 Å². The largest absolute Gasteiger partial charge is 0.375 e. The third-order valence-corrected chi connectivity index (χ3v) is 4.05. The van der Waals surface area contributed by atoms with Gasteiger partial charge in [-0.3, -0.25) is 10.4 Å². The molecule has 0 bridgehead atoms. The van der Waals surface area contributed by atoms with Crippen LogP contribution >= 0.6 is 23.8 Å². The van der Waals surface area contributed by atoms with Crippen molar-refractivity contribution in [3.8, 4) is 0 Å². The van der Waals surface area contributed by atoms with Crippen molar-refractivity contribution in [2.75, 3.05) is 11.6 Å². The van der Waals surface area contributed by atoms with Crippen molar-refractivity contribution in [2.45, 2.75) is 25.2 Å². The molecule has 3 nitrogen and oxygen atoms in total. The van der Waals surface area contributed by atoms with E-state index in [0.717, 1.165) is 18.0 Å². The third-order valence-electron chi connectivity index (χ3n) is 3.60. The Bertz CT molecular complexity index is 489. The van der Waals surface area contributed by atoms with Crippen LogP contribution in [0.3, 0.4) is 0 Å². The summed E-state index contributed by atoms with van der Waals surface area (Å²) >= 11 is 11.2. The first-order valence-electron chi connectivity index (χ1n) is 5.81. The van der Waals surface area contributed by atoms with E-state index in [4.69, 9.17) is 29.6 Å². The van der Waals surface area contributed by atoms with E-state index in [-0.39, 0.29) is 0 Å². The lowest BCUT2D eigenvalue weighted by atomic mass is 9.84. The second kappa shape index (κ2) is 4.03. The van der Waals surface area contributed by atoms with Gasteiger partial charge >= 0.3 is 0 Å². The van der Waals surface area contributed by atoms with Gasteiger partial charge in [0.15, 0.2) is 5.11 Å². The highest BCUT2D eigenvalue weighted by molar-refractivity contribution is 7.80. The van der Waals surface area contributed by atoms with E-state index >= 15 is 0 Å². The molecule has 0 radical (unpaired) electrons. The van der Waals surface area contributed by atoms with Crippen LogP contribution in [0.25, 0.3) is 0 Å². The fourth-order valence-corrected chi connectivity index (χ4v) is 3.35. The summed E-state index contributed by atoms with van der Waals surface area (Å²) in [6, 6.07) is 4.02. The van der Waals surface area contributed by atoms with E-state index in [1.807, 2.05) is 11.1 Å². The first kappa shape index (κ1) is 11.1. The molecule has 17 heavy (non-hydrogen) atoms. The molecule has 0 aromatic heterocycles. The molecule has 1 aromatic rings. The van der Waals surface area contributed by atoms with Gasteiger partial charge in [-0.25, -0.2) is 0 Å². The van der Waals surface area contributed by atoms with Gasteiger partial charge in [-0.1, -0.05) is 11.6 Å². The number of hydrogen-bond acceptors (Lipinski definition) is 2. The Morgan fingerprint density at radius 3 is 3.12 bits per heavy atom. The Hall–Kier alpha value is -1.00. The van der Waals surface area contributed by atoms with Crippen LogP contribution in [0.5, 0.6) is 0 Å². The maximum absolute atomic E-state index is 6.27. The molecular weight excluding hydrogens is 254 g/mol. The van der Waals surface area contributed by atoms with Gasteiger partial charge in [0.25, 0.3) is 0 Å². The fraction of sp³-hybridized carbons (Fsp3) is 0.417. The zero-order valence-electron chi connectivity index (χ0n) is 9.37. The number of nitrogens with two attached hydrogens (primary N) is 1. The van der Waals surface area contributed by atoms with Gasteiger partial charge in [-0.2, -0.15) is 0 Å². The van der Waals surface area contributed by atoms with Crippen molar-refractivity contribution in [2.24, 2.45) is 5.73 Å². The van der Waals surface area contributed by atoms with Gasteiger partial charge < -0.3 is 5.73 Å². The maximum Gasteiger partial charge on any atom is 0.182 e. The Morgan fingerprint density at radius 1 is 1.53 bits per heavy atom. The minimum atomic E-state index is 0.312. The van der Waals surface area contributed by atoms with Crippen molar-refractivity contribution >= 4 is 34.6 Å². The second-order valence-electron chi connectivity index (χ2n) is 4.63. The average Bonchev–Trinajstić information content (AvgIpc) is 2.62. The highest BCUT2D eigenvalue weighted by Crippen LogP contribution is 2.45. The first-order chi connectivity index (χ1) is 8.16. The van der Waals surface area contributed by atoms with Gasteiger partial charge in [0.2, 0.25) is 0 Å². The van der Waals surface area contributed by atoms with Crippen molar-refractivity contribution < 1.29 is 0 Å². The van der Waals surface area contributed by atoms with Gasteiger partial charge in [0, 0.05) is 17.5 Å². The average molecular weight is 268 g/mol. The van der Waals surface area contributed by atoms with Crippen LogP contribution in [0.2, 0.25) is 5.02 Å². The monoisotopic (exact) mass is 267 g/mol. The van der Waals surface area contributed by atoms with Gasteiger partial charge in [-0.15, -0.1) is 0 Å². The van der Waals surface area contributed by atoms with Crippen LogP contribution in [0, 0.1) is 0 Å². The Labute approximate surface area is 111 Å². The van der Waals surface area contributed by atoms with Crippen LogP contribution in [0.15, 0.2) is 12.1 Å². The van der Waals surface area contributed by atoms with Gasteiger partial charge in [-0.05, 0) is 54.7 Å². The normalized spacial score (nSPS) is 21.2. The number of benzene rings is 1. The predicted octanol–water partition coefficient (Wildman–Crippen LogP) is 2.33. The minimum Gasteiger partial charge on any atom is -0.375 e. The number of anilines is 1. The maximum atomic E-state index is 6.27. The molecule has 90 valence electrons. The predicted molar refractivity (Wildman–Crippen MR) is 74.4 cm³/mol. The molecule has 5 heteroatoms. The molecule has 0 fully saturated rings. The molecule has 0 saturated carbocycles. The highest BCUT2D eigenvalue weighted by Gasteiger charge is 2.34. The lowest BCUT2D eigenvalue weighted by molar-refractivity contribution is 0.568. The molecule has 1 unspecified atom stereocenters. The summed E-state index contributed by atoms with van der Waals surface area (Å²) in [7, 11) is 0. The Kier molecular flexibility index (Phi) is 2.64. The summed E-state index contributed by atoms with van der Waals surface area (Å²) < 4.78 is 0. The van der Waals surface area contributed by atoms with E-state index in [9.17, 15) is 0 Å². The van der Waals surface area contributed by atoms with Crippen molar-refractivity contribution in [3.05, 3.63) is 28.3 Å². The molecule has 2 aliphatic rings. The Balaban J connectivity index is 2.06. The van der Waals surface area contributed by atoms with Crippen molar-refractivity contribution in [1.29, 1.82) is 0 Å². The number of halogens is 1. The summed E-state index contributed by atoms with van der Waals surface area (Å²) in [5.74, 6) is 0.564. The lowest BCUT2D eigenvalue weighted by Crippen LogP contribution is -2.44. The van der Waals surface area contributed by atoms with Crippen LogP contribution in [0.4, 0.5) is 5.69 Å². The molecule has 1 aromatic carbocycles. The van der Waals surface area contributed by atoms with E-state index < -0.39 is 0 Å².